The molecule has 0 aromatic heterocycles. The third kappa shape index (κ3) is 6.13. The van der Waals surface area contributed by atoms with Gasteiger partial charge in [0.05, 0.1) is 6.10 Å². The first-order valence-corrected chi connectivity index (χ1v) is 13.6. The normalized spacial score (nSPS) is 14.4. The first-order valence-electron chi connectivity index (χ1n) is 12.4. The average Bonchev–Trinajstić information content (AvgIpc) is 3.13. The fourth-order valence-corrected chi connectivity index (χ4v) is 5.31. The Bertz CT molecular complexity index is 1190. The molecule has 1 N–H and O–H groups in total. The Morgan fingerprint density at radius 2 is 1.40 bits per heavy atom. The summed E-state index contributed by atoms with van der Waals surface area (Å²) in [6.07, 6.45) is 6.01. The van der Waals surface area contributed by atoms with Crippen molar-refractivity contribution in [2.24, 2.45) is 0 Å². The van der Waals surface area contributed by atoms with E-state index in [0.29, 0.717) is 21.6 Å². The van der Waals surface area contributed by atoms with Gasteiger partial charge in [-0.25, -0.2) is 0 Å². The summed E-state index contributed by atoms with van der Waals surface area (Å²) in [5.41, 5.74) is 7.13. The summed E-state index contributed by atoms with van der Waals surface area (Å²) < 4.78 is 0. The minimum Gasteiger partial charge on any atom is -0.387 e. The molecule has 184 valence electrons. The maximum atomic E-state index is 11.5. The highest BCUT2D eigenvalue weighted by molar-refractivity contribution is 6.32. The van der Waals surface area contributed by atoms with Crippen LogP contribution >= 0.6 is 34.8 Å². The van der Waals surface area contributed by atoms with E-state index in [9.17, 15) is 5.11 Å². The minimum absolute atomic E-state index is 0.582. The molecule has 0 amide bonds. The fraction of sp³-hybridized carbons (Fsp3) is 0.333. The van der Waals surface area contributed by atoms with E-state index in [2.05, 4.69) is 30.9 Å². The molecule has 3 aromatic carbocycles. The lowest BCUT2D eigenvalue weighted by molar-refractivity contribution is 0.111. The molecule has 0 radical (unpaired) electrons. The molecule has 0 saturated carbocycles. The molecular weight excluding hydrogens is 497 g/mol. The second-order valence-corrected chi connectivity index (χ2v) is 10.5. The van der Waals surface area contributed by atoms with Crippen LogP contribution in [0, 0.1) is 0 Å². The van der Waals surface area contributed by atoms with Gasteiger partial charge in [0.1, 0.15) is 0 Å². The SMILES string of the molecule is CCCCN(CCCC)CC(O)c1cc(Cl)cc2c1-c1cc(Cl)ccc1/C2=C\c1ccc(Cl)cc1. The molecule has 5 heteroatoms. The summed E-state index contributed by atoms with van der Waals surface area (Å²) in [5.74, 6) is 0. The quantitative estimate of drug-likeness (QED) is 0.222. The molecule has 3 aromatic rings. The lowest BCUT2D eigenvalue weighted by Crippen LogP contribution is -2.31. The Morgan fingerprint density at radius 1 is 0.771 bits per heavy atom. The number of unbranched alkanes of at least 4 members (excludes halogenated alkanes) is 2. The summed E-state index contributed by atoms with van der Waals surface area (Å²) in [4.78, 5) is 2.38. The fourth-order valence-electron chi connectivity index (χ4n) is 4.79. The van der Waals surface area contributed by atoms with E-state index in [1.807, 2.05) is 48.5 Å². The second kappa shape index (κ2) is 12.0. The number of aliphatic hydroxyl groups is 1. The van der Waals surface area contributed by atoms with Crippen molar-refractivity contribution in [3.8, 4) is 11.1 Å². The minimum atomic E-state index is -0.655. The van der Waals surface area contributed by atoms with Crippen molar-refractivity contribution in [3.63, 3.8) is 0 Å². The van der Waals surface area contributed by atoms with Crippen LogP contribution in [0.2, 0.25) is 15.1 Å². The zero-order valence-corrected chi connectivity index (χ0v) is 22.6. The monoisotopic (exact) mass is 527 g/mol. The Kier molecular flexibility index (Phi) is 8.97. The van der Waals surface area contributed by atoms with E-state index in [1.165, 1.54) is 0 Å². The number of nitrogens with zero attached hydrogens (tertiary/aromatic N) is 1. The highest BCUT2D eigenvalue weighted by atomic mass is 35.5. The van der Waals surface area contributed by atoms with Gasteiger partial charge in [-0.1, -0.05) is 79.7 Å². The van der Waals surface area contributed by atoms with Gasteiger partial charge in [0.25, 0.3) is 0 Å². The number of hydrogen-bond donors (Lipinski definition) is 1. The predicted molar refractivity (Wildman–Crippen MR) is 152 cm³/mol. The van der Waals surface area contributed by atoms with Gasteiger partial charge >= 0.3 is 0 Å². The Morgan fingerprint density at radius 3 is 2.06 bits per heavy atom. The summed E-state index contributed by atoms with van der Waals surface area (Å²) >= 11 is 19.2. The Balaban J connectivity index is 1.79. The maximum absolute atomic E-state index is 11.5. The molecule has 4 rings (SSSR count). The highest BCUT2D eigenvalue weighted by Gasteiger charge is 2.29. The number of benzene rings is 3. The summed E-state index contributed by atoms with van der Waals surface area (Å²) in [5, 5.41) is 13.5. The van der Waals surface area contributed by atoms with Crippen LogP contribution < -0.4 is 0 Å². The van der Waals surface area contributed by atoms with Gasteiger partial charge in [-0.05, 0) is 107 Å². The first kappa shape index (κ1) is 26.3. The van der Waals surface area contributed by atoms with Crippen LogP contribution in [0.25, 0.3) is 22.8 Å². The molecule has 0 fully saturated rings. The Hall–Kier alpha value is -1.81. The smallest absolute Gasteiger partial charge is 0.0923 e. The number of halogens is 3. The molecule has 0 spiro atoms. The predicted octanol–water partition coefficient (Wildman–Crippen LogP) is 9.15. The van der Waals surface area contributed by atoms with E-state index < -0.39 is 6.10 Å². The van der Waals surface area contributed by atoms with Gasteiger partial charge < -0.3 is 10.0 Å². The summed E-state index contributed by atoms with van der Waals surface area (Å²) in [7, 11) is 0. The van der Waals surface area contributed by atoms with Crippen LogP contribution in [0.1, 0.15) is 67.9 Å². The Labute approximate surface area is 224 Å². The van der Waals surface area contributed by atoms with E-state index in [-0.39, 0.29) is 0 Å². The van der Waals surface area contributed by atoms with E-state index in [4.69, 9.17) is 34.8 Å². The third-order valence-corrected chi connectivity index (χ3v) is 7.30. The number of fused-ring (bicyclic) bond motifs is 3. The molecule has 1 aliphatic carbocycles. The molecule has 1 unspecified atom stereocenters. The van der Waals surface area contributed by atoms with Crippen molar-refractivity contribution in [1.29, 1.82) is 0 Å². The van der Waals surface area contributed by atoms with Crippen LogP contribution in [-0.2, 0) is 0 Å². The van der Waals surface area contributed by atoms with Gasteiger partial charge in [-0.2, -0.15) is 0 Å². The van der Waals surface area contributed by atoms with Gasteiger partial charge in [0, 0.05) is 21.6 Å². The van der Waals surface area contributed by atoms with Crippen molar-refractivity contribution in [2.45, 2.75) is 45.6 Å². The molecule has 1 atom stereocenters. The van der Waals surface area contributed by atoms with Crippen LogP contribution in [-0.4, -0.2) is 29.6 Å². The maximum Gasteiger partial charge on any atom is 0.0923 e. The lowest BCUT2D eigenvalue weighted by atomic mass is 9.94. The third-order valence-electron chi connectivity index (χ3n) is 6.59. The van der Waals surface area contributed by atoms with Gasteiger partial charge in [0.2, 0.25) is 0 Å². The molecule has 0 aliphatic heterocycles. The first-order chi connectivity index (χ1) is 16.9. The van der Waals surface area contributed by atoms with Crippen LogP contribution in [0.3, 0.4) is 0 Å². The average molecular weight is 529 g/mol. The van der Waals surface area contributed by atoms with Crippen molar-refractivity contribution in [2.75, 3.05) is 19.6 Å². The van der Waals surface area contributed by atoms with E-state index in [0.717, 1.165) is 77.7 Å². The molecule has 2 nitrogen and oxygen atoms in total. The van der Waals surface area contributed by atoms with Crippen molar-refractivity contribution >= 4 is 46.5 Å². The summed E-state index contributed by atoms with van der Waals surface area (Å²) in [6, 6.07) is 17.7. The van der Waals surface area contributed by atoms with Crippen LogP contribution in [0.4, 0.5) is 0 Å². The zero-order chi connectivity index (χ0) is 24.9. The molecule has 0 saturated heterocycles. The van der Waals surface area contributed by atoms with Crippen LogP contribution in [0.15, 0.2) is 54.6 Å². The molecule has 0 heterocycles. The topological polar surface area (TPSA) is 23.5 Å². The molecule has 0 bridgehead atoms. The number of rotatable bonds is 10. The van der Waals surface area contributed by atoms with E-state index in [1.54, 1.807) is 0 Å². The van der Waals surface area contributed by atoms with E-state index >= 15 is 0 Å². The molecular formula is C30H32Cl3NO. The van der Waals surface area contributed by atoms with Crippen molar-refractivity contribution < 1.29 is 5.11 Å². The second-order valence-electron chi connectivity index (χ2n) is 9.24. The van der Waals surface area contributed by atoms with Gasteiger partial charge in [-0.3, -0.25) is 0 Å². The van der Waals surface area contributed by atoms with Crippen molar-refractivity contribution in [1.82, 2.24) is 4.90 Å². The van der Waals surface area contributed by atoms with Crippen molar-refractivity contribution in [3.05, 3.63) is 91.9 Å². The highest BCUT2D eigenvalue weighted by Crippen LogP contribution is 2.50. The lowest BCUT2D eigenvalue weighted by Gasteiger charge is -2.26. The molecule has 35 heavy (non-hydrogen) atoms. The number of hydrogen-bond acceptors (Lipinski definition) is 2. The zero-order valence-electron chi connectivity index (χ0n) is 20.3. The number of aliphatic hydroxyl groups excluding tert-OH is 1. The standard InChI is InChI=1S/C30H32Cl3NO/c1-3-5-13-34(14-6-4-2)19-29(35)28-18-23(33)17-27-25(15-20-7-9-21(31)10-8-20)24-12-11-22(32)16-26(24)30(27)28/h7-12,15-18,29,35H,3-6,13-14,19H2,1-2H3/b25-15+. The summed E-state index contributed by atoms with van der Waals surface area (Å²) in [6.45, 7) is 6.96. The van der Waals surface area contributed by atoms with Gasteiger partial charge in [0.15, 0.2) is 0 Å². The molecule has 1 aliphatic rings. The largest absolute Gasteiger partial charge is 0.387 e. The van der Waals surface area contributed by atoms with Crippen LogP contribution in [0.5, 0.6) is 0 Å². The van der Waals surface area contributed by atoms with Gasteiger partial charge in [-0.15, -0.1) is 0 Å².